The van der Waals surface area contributed by atoms with Gasteiger partial charge in [0.05, 0.1) is 16.8 Å². The van der Waals surface area contributed by atoms with E-state index in [4.69, 9.17) is 4.74 Å². The molecule has 29 heavy (non-hydrogen) atoms. The highest BCUT2D eigenvalue weighted by Gasteiger charge is 2.30. The van der Waals surface area contributed by atoms with E-state index in [9.17, 15) is 27.9 Å². The van der Waals surface area contributed by atoms with E-state index in [0.717, 1.165) is 12.1 Å². The van der Waals surface area contributed by atoms with E-state index in [2.05, 4.69) is 0 Å². The molecule has 1 N–H and O–H groups in total. The van der Waals surface area contributed by atoms with Crippen LogP contribution in [-0.4, -0.2) is 54.7 Å². The zero-order valence-electron chi connectivity index (χ0n) is 15.4. The van der Waals surface area contributed by atoms with Crippen molar-refractivity contribution in [3.63, 3.8) is 0 Å². The van der Waals surface area contributed by atoms with Crippen LogP contribution in [0.4, 0.5) is 18.9 Å². The van der Waals surface area contributed by atoms with Crippen molar-refractivity contribution in [2.75, 3.05) is 37.7 Å². The Bertz CT molecular complexity index is 876. The zero-order chi connectivity index (χ0) is 21.0. The van der Waals surface area contributed by atoms with Crippen LogP contribution in [0.1, 0.15) is 15.9 Å². The number of benzene rings is 2. The molecule has 0 bridgehead atoms. The van der Waals surface area contributed by atoms with Gasteiger partial charge in [0.1, 0.15) is 5.75 Å². The summed E-state index contributed by atoms with van der Waals surface area (Å²) in [4.78, 5) is 27.2. The summed E-state index contributed by atoms with van der Waals surface area (Å²) in [7, 11) is 0. The molecule has 9 heteroatoms. The number of hydrogen-bond acceptors (Lipinski definition) is 4. The van der Waals surface area contributed by atoms with Crippen LogP contribution in [0.3, 0.4) is 0 Å². The van der Waals surface area contributed by atoms with Crippen molar-refractivity contribution in [3.8, 4) is 5.75 Å². The second kappa shape index (κ2) is 8.42. The second-order valence-electron chi connectivity index (χ2n) is 6.50. The summed E-state index contributed by atoms with van der Waals surface area (Å²) in [5, 5.41) is 9.31. The number of carboxylic acids is 1. The smallest absolute Gasteiger partial charge is 0.416 e. The van der Waals surface area contributed by atoms with Crippen molar-refractivity contribution in [1.82, 2.24) is 4.90 Å². The number of halogens is 3. The molecule has 0 spiro atoms. The average Bonchev–Trinajstić information content (AvgIpc) is 2.71. The minimum Gasteiger partial charge on any atom is -0.484 e. The number of anilines is 1. The van der Waals surface area contributed by atoms with Crippen LogP contribution in [-0.2, 0) is 11.0 Å². The lowest BCUT2D eigenvalue weighted by Crippen LogP contribution is -2.50. The topological polar surface area (TPSA) is 70.1 Å². The highest BCUT2D eigenvalue weighted by atomic mass is 19.4. The van der Waals surface area contributed by atoms with Crippen LogP contribution in [0.5, 0.6) is 5.75 Å². The van der Waals surface area contributed by atoms with E-state index in [0.29, 0.717) is 31.9 Å². The molecular formula is C20H19F3N2O4. The van der Waals surface area contributed by atoms with E-state index >= 15 is 0 Å². The molecule has 0 aliphatic carbocycles. The molecule has 1 aliphatic heterocycles. The standard InChI is InChI=1S/C20H19F3N2O4/c21-20(22,23)14-5-7-15(8-6-14)29-13-18(26)25-11-9-24(10-12-25)17-4-2-1-3-16(17)19(27)28/h1-8H,9-13H2,(H,27,28). The maximum atomic E-state index is 12.6. The van der Waals surface area contributed by atoms with Gasteiger partial charge < -0.3 is 19.6 Å². The van der Waals surface area contributed by atoms with Crippen molar-refractivity contribution in [2.45, 2.75) is 6.18 Å². The molecule has 0 aromatic heterocycles. The predicted molar refractivity (Wildman–Crippen MR) is 99.1 cm³/mol. The van der Waals surface area contributed by atoms with Gasteiger partial charge in [-0.2, -0.15) is 13.2 Å². The van der Waals surface area contributed by atoms with E-state index < -0.39 is 17.7 Å². The van der Waals surface area contributed by atoms with Gasteiger partial charge in [-0.25, -0.2) is 4.79 Å². The number of hydrogen-bond donors (Lipinski definition) is 1. The first-order valence-corrected chi connectivity index (χ1v) is 8.91. The molecule has 1 aliphatic rings. The summed E-state index contributed by atoms with van der Waals surface area (Å²) in [6.07, 6.45) is -4.42. The SMILES string of the molecule is O=C(O)c1ccccc1N1CCN(C(=O)COc2ccc(C(F)(F)F)cc2)CC1. The number of carbonyl (C=O) groups excluding carboxylic acids is 1. The fraction of sp³-hybridized carbons (Fsp3) is 0.300. The van der Waals surface area contributed by atoms with E-state index in [1.165, 1.54) is 18.2 Å². The number of carbonyl (C=O) groups is 2. The molecule has 0 saturated carbocycles. The molecule has 0 unspecified atom stereocenters. The molecule has 6 nitrogen and oxygen atoms in total. The molecule has 154 valence electrons. The first kappa shape index (κ1) is 20.5. The summed E-state index contributed by atoms with van der Waals surface area (Å²) in [6, 6.07) is 10.8. The molecule has 0 atom stereocenters. The molecule has 1 amide bonds. The van der Waals surface area contributed by atoms with Crippen molar-refractivity contribution in [3.05, 3.63) is 59.7 Å². The fourth-order valence-corrected chi connectivity index (χ4v) is 3.10. The summed E-state index contributed by atoms with van der Waals surface area (Å²) in [5.41, 5.74) is 0.0277. The van der Waals surface area contributed by atoms with Crippen LogP contribution in [0, 0.1) is 0 Å². The minimum atomic E-state index is -4.42. The third kappa shape index (κ3) is 4.98. The van der Waals surface area contributed by atoms with Crippen LogP contribution in [0.15, 0.2) is 48.5 Å². The van der Waals surface area contributed by atoms with Crippen LogP contribution >= 0.6 is 0 Å². The second-order valence-corrected chi connectivity index (χ2v) is 6.50. The van der Waals surface area contributed by atoms with Gasteiger partial charge in [-0.3, -0.25) is 4.79 Å². The number of amides is 1. The number of rotatable bonds is 5. The van der Waals surface area contributed by atoms with Gasteiger partial charge in [-0.1, -0.05) is 12.1 Å². The monoisotopic (exact) mass is 408 g/mol. The van der Waals surface area contributed by atoms with Gasteiger partial charge in [0.25, 0.3) is 5.91 Å². The van der Waals surface area contributed by atoms with Gasteiger partial charge in [0, 0.05) is 26.2 Å². The number of alkyl halides is 3. The van der Waals surface area contributed by atoms with Gasteiger partial charge in [-0.05, 0) is 36.4 Å². The molecule has 3 rings (SSSR count). The first-order valence-electron chi connectivity index (χ1n) is 8.91. The molecule has 2 aromatic carbocycles. The first-order chi connectivity index (χ1) is 13.8. The maximum absolute atomic E-state index is 12.6. The number of ether oxygens (including phenoxy) is 1. The third-order valence-electron chi connectivity index (χ3n) is 4.65. The Morgan fingerprint density at radius 1 is 0.966 bits per heavy atom. The van der Waals surface area contributed by atoms with Gasteiger partial charge in [0.15, 0.2) is 6.61 Å². The normalized spacial score (nSPS) is 14.6. The van der Waals surface area contributed by atoms with Crippen molar-refractivity contribution in [1.29, 1.82) is 0 Å². The Labute approximate surface area is 165 Å². The predicted octanol–water partition coefficient (Wildman–Crippen LogP) is 3.13. The number of para-hydroxylation sites is 1. The number of piperazine rings is 1. The Morgan fingerprint density at radius 2 is 1.59 bits per heavy atom. The van der Waals surface area contributed by atoms with E-state index in [1.807, 2.05) is 4.90 Å². The van der Waals surface area contributed by atoms with E-state index in [1.54, 1.807) is 23.1 Å². The molecular weight excluding hydrogens is 389 g/mol. The van der Waals surface area contributed by atoms with Gasteiger partial charge in [-0.15, -0.1) is 0 Å². The quantitative estimate of drug-likeness (QED) is 0.823. The number of carboxylic acid groups (broad SMARTS) is 1. The molecule has 0 radical (unpaired) electrons. The van der Waals surface area contributed by atoms with Crippen LogP contribution in [0.25, 0.3) is 0 Å². The molecule has 2 aromatic rings. The van der Waals surface area contributed by atoms with Crippen LogP contribution < -0.4 is 9.64 Å². The fourth-order valence-electron chi connectivity index (χ4n) is 3.10. The van der Waals surface area contributed by atoms with Crippen molar-refractivity contribution < 1.29 is 32.6 Å². The third-order valence-corrected chi connectivity index (χ3v) is 4.65. The Kier molecular flexibility index (Phi) is 5.95. The molecule has 1 saturated heterocycles. The Balaban J connectivity index is 1.52. The zero-order valence-corrected chi connectivity index (χ0v) is 15.4. The highest BCUT2D eigenvalue weighted by Crippen LogP contribution is 2.30. The lowest BCUT2D eigenvalue weighted by Gasteiger charge is -2.36. The Hall–Kier alpha value is -3.23. The lowest BCUT2D eigenvalue weighted by atomic mass is 10.1. The number of nitrogens with zero attached hydrogens (tertiary/aromatic N) is 2. The largest absolute Gasteiger partial charge is 0.484 e. The summed E-state index contributed by atoms with van der Waals surface area (Å²) >= 11 is 0. The summed E-state index contributed by atoms with van der Waals surface area (Å²) in [5.74, 6) is -1.11. The van der Waals surface area contributed by atoms with Crippen molar-refractivity contribution in [2.24, 2.45) is 0 Å². The van der Waals surface area contributed by atoms with Gasteiger partial charge in [0.2, 0.25) is 0 Å². The summed E-state index contributed by atoms with van der Waals surface area (Å²) < 4.78 is 43.0. The highest BCUT2D eigenvalue weighted by molar-refractivity contribution is 5.94. The summed E-state index contributed by atoms with van der Waals surface area (Å²) in [6.45, 7) is 1.44. The average molecular weight is 408 g/mol. The van der Waals surface area contributed by atoms with Crippen molar-refractivity contribution >= 4 is 17.6 Å². The molecule has 1 fully saturated rings. The van der Waals surface area contributed by atoms with Gasteiger partial charge >= 0.3 is 12.1 Å². The van der Waals surface area contributed by atoms with E-state index in [-0.39, 0.29) is 23.8 Å². The lowest BCUT2D eigenvalue weighted by molar-refractivity contribution is -0.137. The molecule has 1 heterocycles. The van der Waals surface area contributed by atoms with Crippen LogP contribution in [0.2, 0.25) is 0 Å². The maximum Gasteiger partial charge on any atom is 0.416 e. The Morgan fingerprint density at radius 3 is 2.17 bits per heavy atom. The number of aromatic carboxylic acids is 1. The minimum absolute atomic E-state index is 0.181.